The van der Waals surface area contributed by atoms with Crippen molar-refractivity contribution in [3.05, 3.63) is 29.6 Å². The predicted octanol–water partition coefficient (Wildman–Crippen LogP) is 4.14. The largest absolute Gasteiger partial charge is 0.261 e. The Balaban J connectivity index is 3.03. The topological polar surface area (TPSA) is 12.9 Å². The van der Waals surface area contributed by atoms with Gasteiger partial charge >= 0.3 is 0 Å². The Bertz CT molecular complexity index is 320. The molecule has 1 aromatic rings. The lowest BCUT2D eigenvalue weighted by atomic mass is 9.85. The maximum atomic E-state index is 4.47. The van der Waals surface area contributed by atoms with Gasteiger partial charge in [0.15, 0.2) is 0 Å². The number of hydrogen-bond acceptors (Lipinski definition) is 1. The smallest absolute Gasteiger partial charge is 0.0437 e. The molecule has 15 heavy (non-hydrogen) atoms. The second-order valence-electron chi connectivity index (χ2n) is 5.75. The summed E-state index contributed by atoms with van der Waals surface area (Å²) < 4.78 is 0. The highest BCUT2D eigenvalue weighted by Gasteiger charge is 2.17. The zero-order valence-corrected chi connectivity index (χ0v) is 10.8. The number of pyridine rings is 1. The van der Waals surface area contributed by atoms with Gasteiger partial charge in [-0.3, -0.25) is 4.98 Å². The molecule has 0 saturated heterocycles. The molecule has 1 atom stereocenters. The number of hydrogen-bond donors (Lipinski definition) is 0. The molecule has 0 aliphatic carbocycles. The van der Waals surface area contributed by atoms with Gasteiger partial charge in [-0.1, -0.05) is 41.5 Å². The van der Waals surface area contributed by atoms with Crippen LogP contribution < -0.4 is 0 Å². The average molecular weight is 205 g/mol. The van der Waals surface area contributed by atoms with Crippen molar-refractivity contribution in [2.75, 3.05) is 0 Å². The molecule has 1 rings (SSSR count). The minimum Gasteiger partial charge on any atom is -0.261 e. The summed E-state index contributed by atoms with van der Waals surface area (Å²) in [4.78, 5) is 4.47. The van der Waals surface area contributed by atoms with Crippen LogP contribution >= 0.6 is 0 Å². The lowest BCUT2D eigenvalue weighted by Gasteiger charge is -2.22. The summed E-state index contributed by atoms with van der Waals surface area (Å²) in [5.41, 5.74) is 2.81. The van der Waals surface area contributed by atoms with E-state index >= 15 is 0 Å². The van der Waals surface area contributed by atoms with Crippen molar-refractivity contribution in [1.29, 1.82) is 0 Å². The van der Waals surface area contributed by atoms with Crippen LogP contribution in [-0.4, -0.2) is 4.98 Å². The van der Waals surface area contributed by atoms with Crippen LogP contribution in [0.5, 0.6) is 0 Å². The summed E-state index contributed by atoms with van der Waals surface area (Å²) >= 11 is 0. The third kappa shape index (κ3) is 3.05. The first kappa shape index (κ1) is 12.2. The summed E-state index contributed by atoms with van der Waals surface area (Å²) in [5.74, 6) is 1.18. The Hall–Kier alpha value is -0.850. The molecule has 0 amide bonds. The Morgan fingerprint density at radius 1 is 1.13 bits per heavy atom. The fourth-order valence-electron chi connectivity index (χ4n) is 1.51. The van der Waals surface area contributed by atoms with Crippen LogP contribution in [0.25, 0.3) is 0 Å². The molecule has 0 aliphatic heterocycles. The van der Waals surface area contributed by atoms with Crippen molar-refractivity contribution in [2.45, 2.75) is 52.9 Å². The third-order valence-corrected chi connectivity index (χ3v) is 3.11. The van der Waals surface area contributed by atoms with Gasteiger partial charge in [-0.2, -0.15) is 0 Å². The van der Waals surface area contributed by atoms with Gasteiger partial charge in [0.1, 0.15) is 0 Å². The van der Waals surface area contributed by atoms with Crippen LogP contribution in [-0.2, 0) is 5.41 Å². The van der Waals surface area contributed by atoms with Gasteiger partial charge in [-0.15, -0.1) is 0 Å². The molecule has 0 fully saturated rings. The Kier molecular flexibility index (Phi) is 3.54. The van der Waals surface area contributed by atoms with Gasteiger partial charge in [0.25, 0.3) is 0 Å². The molecular formula is C14H23N. The summed E-state index contributed by atoms with van der Waals surface area (Å²) in [5, 5.41) is 0. The standard InChI is InChI=1S/C14H23N/c1-10(2)11(3)13-9-12(7-8-15-13)14(4,5)6/h7-11H,1-6H3. The van der Waals surface area contributed by atoms with Gasteiger partial charge < -0.3 is 0 Å². The molecule has 0 radical (unpaired) electrons. The monoisotopic (exact) mass is 205 g/mol. The highest BCUT2D eigenvalue weighted by atomic mass is 14.7. The molecule has 0 aliphatic rings. The zero-order chi connectivity index (χ0) is 11.6. The average Bonchev–Trinajstić information content (AvgIpc) is 2.15. The molecule has 0 saturated carbocycles. The van der Waals surface area contributed by atoms with E-state index in [4.69, 9.17) is 0 Å². The van der Waals surface area contributed by atoms with Gasteiger partial charge in [0, 0.05) is 17.8 Å². The molecule has 0 aromatic carbocycles. The van der Waals surface area contributed by atoms with E-state index in [9.17, 15) is 0 Å². The summed E-state index contributed by atoms with van der Waals surface area (Å²) in [6.07, 6.45) is 1.94. The van der Waals surface area contributed by atoms with Crippen molar-refractivity contribution < 1.29 is 0 Å². The summed E-state index contributed by atoms with van der Waals surface area (Å²) in [6, 6.07) is 4.38. The molecule has 1 unspecified atom stereocenters. The number of rotatable bonds is 2. The SMILES string of the molecule is CC(C)C(C)c1cc(C(C)(C)C)ccn1. The van der Waals surface area contributed by atoms with Crippen LogP contribution in [0.15, 0.2) is 18.3 Å². The van der Waals surface area contributed by atoms with E-state index in [2.05, 4.69) is 58.7 Å². The van der Waals surface area contributed by atoms with Crippen LogP contribution in [0, 0.1) is 5.92 Å². The van der Waals surface area contributed by atoms with Crippen molar-refractivity contribution in [1.82, 2.24) is 4.98 Å². The molecule has 0 bridgehead atoms. The minimum absolute atomic E-state index is 0.217. The van der Waals surface area contributed by atoms with E-state index in [-0.39, 0.29) is 5.41 Å². The second kappa shape index (κ2) is 4.34. The molecule has 0 N–H and O–H groups in total. The first-order valence-corrected chi connectivity index (χ1v) is 5.79. The van der Waals surface area contributed by atoms with E-state index in [0.29, 0.717) is 11.8 Å². The molecule has 84 valence electrons. The number of aromatic nitrogens is 1. The van der Waals surface area contributed by atoms with Crippen molar-refractivity contribution in [2.24, 2.45) is 5.92 Å². The van der Waals surface area contributed by atoms with Crippen molar-refractivity contribution >= 4 is 0 Å². The lowest BCUT2D eigenvalue weighted by molar-refractivity contribution is 0.519. The number of nitrogens with zero attached hydrogens (tertiary/aromatic N) is 1. The fourth-order valence-corrected chi connectivity index (χ4v) is 1.51. The second-order valence-corrected chi connectivity index (χ2v) is 5.75. The Morgan fingerprint density at radius 3 is 2.20 bits per heavy atom. The first-order chi connectivity index (χ1) is 6.82. The highest BCUT2D eigenvalue weighted by Crippen LogP contribution is 2.27. The van der Waals surface area contributed by atoms with Crippen LogP contribution in [0.1, 0.15) is 58.7 Å². The highest BCUT2D eigenvalue weighted by molar-refractivity contribution is 5.25. The minimum atomic E-state index is 0.217. The van der Waals surface area contributed by atoms with E-state index in [1.54, 1.807) is 0 Å². The zero-order valence-electron chi connectivity index (χ0n) is 10.8. The molecule has 1 nitrogen and oxygen atoms in total. The Morgan fingerprint density at radius 2 is 1.73 bits per heavy atom. The van der Waals surface area contributed by atoms with E-state index in [1.165, 1.54) is 11.3 Å². The Labute approximate surface area is 93.9 Å². The van der Waals surface area contributed by atoms with E-state index < -0.39 is 0 Å². The maximum Gasteiger partial charge on any atom is 0.0437 e. The summed E-state index contributed by atoms with van der Waals surface area (Å²) in [6.45, 7) is 13.5. The lowest BCUT2D eigenvalue weighted by Crippen LogP contribution is -2.13. The third-order valence-electron chi connectivity index (χ3n) is 3.11. The normalized spacial score (nSPS) is 14.3. The van der Waals surface area contributed by atoms with Gasteiger partial charge in [-0.05, 0) is 29.0 Å². The van der Waals surface area contributed by atoms with Gasteiger partial charge in [0.2, 0.25) is 0 Å². The van der Waals surface area contributed by atoms with Crippen molar-refractivity contribution in [3.8, 4) is 0 Å². The van der Waals surface area contributed by atoms with Crippen LogP contribution in [0.3, 0.4) is 0 Å². The van der Waals surface area contributed by atoms with E-state index in [1.807, 2.05) is 6.20 Å². The molecule has 1 heteroatoms. The molecule has 1 heterocycles. The molecule has 1 aromatic heterocycles. The van der Waals surface area contributed by atoms with Gasteiger partial charge in [-0.25, -0.2) is 0 Å². The van der Waals surface area contributed by atoms with E-state index in [0.717, 1.165) is 0 Å². The van der Waals surface area contributed by atoms with Crippen molar-refractivity contribution in [3.63, 3.8) is 0 Å². The molecular weight excluding hydrogens is 182 g/mol. The van der Waals surface area contributed by atoms with Crippen LogP contribution in [0.2, 0.25) is 0 Å². The summed E-state index contributed by atoms with van der Waals surface area (Å²) in [7, 11) is 0. The molecule has 0 spiro atoms. The predicted molar refractivity (Wildman–Crippen MR) is 66.2 cm³/mol. The fraction of sp³-hybridized carbons (Fsp3) is 0.643. The maximum absolute atomic E-state index is 4.47. The van der Waals surface area contributed by atoms with Gasteiger partial charge in [0.05, 0.1) is 0 Å². The quantitative estimate of drug-likeness (QED) is 0.707. The first-order valence-electron chi connectivity index (χ1n) is 5.79. The van der Waals surface area contributed by atoms with Crippen LogP contribution in [0.4, 0.5) is 0 Å².